The number of nitrogens with zero attached hydrogens (tertiary/aromatic N) is 2. The minimum absolute atomic E-state index is 0.0119. The Bertz CT molecular complexity index is 403. The van der Waals surface area contributed by atoms with E-state index in [1.54, 1.807) is 6.08 Å². The molecule has 2 N–H and O–H groups in total. The molecule has 0 heterocycles. The molecule has 2 rings (SSSR count). The average Bonchev–Trinajstić information content (AvgIpc) is 3.21. The van der Waals surface area contributed by atoms with Gasteiger partial charge in [0.25, 0.3) is 0 Å². The van der Waals surface area contributed by atoms with Gasteiger partial charge in [-0.15, -0.1) is 6.58 Å². The lowest BCUT2D eigenvalue weighted by atomic mass is 9.85. The highest BCUT2D eigenvalue weighted by molar-refractivity contribution is 5.75. The number of likely N-dealkylation sites (N-methyl/N-ethyl adjacent to an activating group) is 1. The molecule has 0 aromatic heterocycles. The molecule has 2 saturated carbocycles. The van der Waals surface area contributed by atoms with Gasteiger partial charge in [-0.1, -0.05) is 13.0 Å². The zero-order valence-corrected chi connectivity index (χ0v) is 12.6. The molecule has 6 nitrogen and oxygen atoms in total. The van der Waals surface area contributed by atoms with Gasteiger partial charge in [-0.25, -0.2) is 4.79 Å². The van der Waals surface area contributed by atoms with Gasteiger partial charge in [-0.2, -0.15) is 0 Å². The summed E-state index contributed by atoms with van der Waals surface area (Å²) < 4.78 is 0. The predicted molar refractivity (Wildman–Crippen MR) is 80.1 cm³/mol. The van der Waals surface area contributed by atoms with Crippen molar-refractivity contribution in [1.29, 1.82) is 0 Å². The molecule has 0 aromatic carbocycles. The van der Waals surface area contributed by atoms with Gasteiger partial charge in [0.15, 0.2) is 0 Å². The summed E-state index contributed by atoms with van der Waals surface area (Å²) in [6, 6.07) is 0.793. The lowest BCUT2D eigenvalue weighted by molar-refractivity contribution is -0.139. The van der Waals surface area contributed by atoms with E-state index in [2.05, 4.69) is 11.9 Å². The minimum Gasteiger partial charge on any atom is -0.480 e. The first-order valence-corrected chi connectivity index (χ1v) is 7.69. The van der Waals surface area contributed by atoms with Crippen LogP contribution in [0.2, 0.25) is 0 Å². The maximum absolute atomic E-state index is 12.2. The Hall–Kier alpha value is -1.56. The van der Waals surface area contributed by atoms with Crippen molar-refractivity contribution in [3.05, 3.63) is 12.7 Å². The molecule has 2 aliphatic carbocycles. The van der Waals surface area contributed by atoms with Crippen LogP contribution in [0.4, 0.5) is 4.79 Å². The first kappa shape index (κ1) is 15.8. The maximum Gasteiger partial charge on any atom is 0.318 e. The summed E-state index contributed by atoms with van der Waals surface area (Å²) in [5, 5.41) is 11.9. The van der Waals surface area contributed by atoms with E-state index in [4.69, 9.17) is 5.11 Å². The molecule has 2 amide bonds. The van der Waals surface area contributed by atoms with Crippen LogP contribution in [0.5, 0.6) is 0 Å². The number of carboxylic acids is 1. The molecule has 0 unspecified atom stereocenters. The number of nitrogens with one attached hydrogen (secondary N) is 1. The van der Waals surface area contributed by atoms with Gasteiger partial charge in [0.05, 0.1) is 6.54 Å². The first-order valence-electron chi connectivity index (χ1n) is 7.69. The maximum atomic E-state index is 12.2. The van der Waals surface area contributed by atoms with E-state index in [1.165, 1.54) is 0 Å². The molecule has 118 valence electrons. The van der Waals surface area contributed by atoms with Crippen molar-refractivity contribution in [2.75, 3.05) is 19.6 Å². The third-order valence-corrected chi connectivity index (χ3v) is 4.28. The molecule has 2 fully saturated rings. The van der Waals surface area contributed by atoms with Crippen LogP contribution in [0.3, 0.4) is 0 Å². The van der Waals surface area contributed by atoms with Crippen LogP contribution in [0.25, 0.3) is 0 Å². The van der Waals surface area contributed by atoms with Gasteiger partial charge in [0, 0.05) is 24.7 Å². The fourth-order valence-electron chi connectivity index (χ4n) is 2.86. The van der Waals surface area contributed by atoms with Crippen LogP contribution >= 0.6 is 0 Å². The number of carboxylic acid groups (broad SMARTS) is 1. The number of urea groups is 1. The summed E-state index contributed by atoms with van der Waals surface area (Å²) in [4.78, 5) is 26.8. The highest BCUT2D eigenvalue weighted by Gasteiger charge is 2.37. The summed E-state index contributed by atoms with van der Waals surface area (Å²) in [7, 11) is 0. The number of aliphatic carboxylic acids is 1. The zero-order chi connectivity index (χ0) is 15.4. The van der Waals surface area contributed by atoms with Crippen LogP contribution in [0.15, 0.2) is 12.7 Å². The Labute approximate surface area is 125 Å². The van der Waals surface area contributed by atoms with Crippen molar-refractivity contribution >= 4 is 12.0 Å². The molecular weight excluding hydrogens is 270 g/mol. The largest absolute Gasteiger partial charge is 0.480 e. The summed E-state index contributed by atoms with van der Waals surface area (Å²) in [6.45, 7) is 7.05. The summed E-state index contributed by atoms with van der Waals surface area (Å²) in [5.41, 5.74) is 0. The second kappa shape index (κ2) is 6.93. The number of hydrogen-bond donors (Lipinski definition) is 2. The van der Waals surface area contributed by atoms with Crippen LogP contribution < -0.4 is 5.32 Å². The standard InChI is InChI=1S/C15H25N3O3/c1-3-7-18(12-5-6-12)15(21)16-11-8-13(9-11)17(4-2)10-14(19)20/h3,11-13H,1,4-10H2,2H3,(H,16,21)(H,19,20). The van der Waals surface area contributed by atoms with Gasteiger partial charge >= 0.3 is 12.0 Å². The monoisotopic (exact) mass is 295 g/mol. The van der Waals surface area contributed by atoms with E-state index < -0.39 is 5.97 Å². The topological polar surface area (TPSA) is 72.9 Å². The molecule has 0 saturated heterocycles. The van der Waals surface area contributed by atoms with Gasteiger partial charge in [0.2, 0.25) is 0 Å². The highest BCUT2D eigenvalue weighted by atomic mass is 16.4. The van der Waals surface area contributed by atoms with E-state index in [1.807, 2.05) is 16.7 Å². The molecule has 0 radical (unpaired) electrons. The van der Waals surface area contributed by atoms with Gasteiger partial charge in [-0.05, 0) is 32.2 Å². The molecule has 0 aromatic rings. The Balaban J connectivity index is 1.75. The number of rotatable bonds is 8. The SMILES string of the molecule is C=CCN(C(=O)NC1CC(N(CC)CC(=O)O)C1)C1CC1. The van der Waals surface area contributed by atoms with Crippen LogP contribution in [-0.2, 0) is 4.79 Å². The van der Waals surface area contributed by atoms with Gasteiger partial charge in [0.1, 0.15) is 0 Å². The highest BCUT2D eigenvalue weighted by Crippen LogP contribution is 2.29. The Morgan fingerprint density at radius 1 is 1.33 bits per heavy atom. The fraction of sp³-hybridized carbons (Fsp3) is 0.733. The number of hydrogen-bond acceptors (Lipinski definition) is 3. The zero-order valence-electron chi connectivity index (χ0n) is 12.6. The molecule has 0 bridgehead atoms. The number of amides is 2. The second-order valence-electron chi connectivity index (χ2n) is 5.90. The molecule has 2 aliphatic rings. The van der Waals surface area contributed by atoms with E-state index in [9.17, 15) is 9.59 Å². The lowest BCUT2D eigenvalue weighted by Crippen LogP contribution is -2.57. The molecule has 0 spiro atoms. The fourth-order valence-corrected chi connectivity index (χ4v) is 2.86. The van der Waals surface area contributed by atoms with E-state index in [0.29, 0.717) is 12.6 Å². The molecule has 0 atom stereocenters. The molecule has 0 aliphatic heterocycles. The predicted octanol–water partition coefficient (Wildman–Crippen LogP) is 1.28. The second-order valence-corrected chi connectivity index (χ2v) is 5.90. The summed E-state index contributed by atoms with van der Waals surface area (Å²) in [6.07, 6.45) is 5.58. The normalized spacial score (nSPS) is 24.3. The quantitative estimate of drug-likeness (QED) is 0.662. The van der Waals surface area contributed by atoms with Crippen molar-refractivity contribution in [2.45, 2.75) is 50.7 Å². The van der Waals surface area contributed by atoms with E-state index >= 15 is 0 Å². The number of carbonyl (C=O) groups excluding carboxylic acids is 1. The molecule has 6 heteroatoms. The van der Waals surface area contributed by atoms with Crippen molar-refractivity contribution in [2.24, 2.45) is 0 Å². The van der Waals surface area contributed by atoms with Crippen molar-refractivity contribution in [3.63, 3.8) is 0 Å². The summed E-state index contributed by atoms with van der Waals surface area (Å²) >= 11 is 0. The molecule has 21 heavy (non-hydrogen) atoms. The smallest absolute Gasteiger partial charge is 0.318 e. The van der Waals surface area contributed by atoms with E-state index in [0.717, 1.165) is 32.2 Å². The Kier molecular flexibility index (Phi) is 5.22. The first-order chi connectivity index (χ1) is 10.0. The van der Waals surface area contributed by atoms with Crippen LogP contribution in [0, 0.1) is 0 Å². The average molecular weight is 295 g/mol. The third-order valence-electron chi connectivity index (χ3n) is 4.28. The van der Waals surface area contributed by atoms with Crippen LogP contribution in [-0.4, -0.2) is 64.7 Å². The van der Waals surface area contributed by atoms with Gasteiger partial charge < -0.3 is 15.3 Å². The Morgan fingerprint density at radius 2 is 2.00 bits per heavy atom. The molecular formula is C15H25N3O3. The van der Waals surface area contributed by atoms with Crippen LogP contribution in [0.1, 0.15) is 32.6 Å². The van der Waals surface area contributed by atoms with Crippen molar-refractivity contribution in [1.82, 2.24) is 15.1 Å². The van der Waals surface area contributed by atoms with Crippen molar-refractivity contribution in [3.8, 4) is 0 Å². The lowest BCUT2D eigenvalue weighted by Gasteiger charge is -2.42. The summed E-state index contributed by atoms with van der Waals surface area (Å²) in [5.74, 6) is -0.796. The third kappa shape index (κ3) is 4.20. The Morgan fingerprint density at radius 3 is 2.48 bits per heavy atom. The van der Waals surface area contributed by atoms with Gasteiger partial charge in [-0.3, -0.25) is 9.69 Å². The number of carbonyl (C=O) groups is 2. The minimum atomic E-state index is -0.796. The van der Waals surface area contributed by atoms with E-state index in [-0.39, 0.29) is 24.7 Å². The van der Waals surface area contributed by atoms with Crippen molar-refractivity contribution < 1.29 is 14.7 Å².